The first-order valence-corrected chi connectivity index (χ1v) is 7.17. The summed E-state index contributed by atoms with van der Waals surface area (Å²) >= 11 is 0. The van der Waals surface area contributed by atoms with Crippen LogP contribution in [0.1, 0.15) is 6.42 Å². The Hall–Kier alpha value is -1.67. The fraction of sp³-hybridized carbons (Fsp3) is 0.364. The van der Waals surface area contributed by atoms with E-state index in [1.165, 1.54) is 0 Å². The van der Waals surface area contributed by atoms with Crippen LogP contribution in [-0.2, 0) is 14.8 Å². The summed E-state index contributed by atoms with van der Waals surface area (Å²) in [5.41, 5.74) is 5.38. The van der Waals surface area contributed by atoms with Crippen LogP contribution in [0.3, 0.4) is 0 Å². The number of nitrogen functional groups attached to an aromatic ring is 1. The topological polar surface area (TPSA) is 92.5 Å². The molecule has 1 amide bonds. The van der Waals surface area contributed by atoms with E-state index < -0.39 is 15.8 Å². The zero-order valence-electron chi connectivity index (χ0n) is 10.1. The molecule has 6 nitrogen and oxygen atoms in total. The number of hydrogen-bond donors (Lipinski definition) is 2. The average Bonchev–Trinajstić information content (AvgIpc) is 2.53. The number of nitrogens with two attached hydrogens (primary N) is 1. The molecule has 0 aliphatic carbocycles. The molecule has 0 saturated carbocycles. The summed E-state index contributed by atoms with van der Waals surface area (Å²) in [6.07, 6.45) is 0.520. The highest BCUT2D eigenvalue weighted by Crippen LogP contribution is 2.23. The maximum Gasteiger partial charge on any atom is 0.245 e. The molecule has 1 aromatic carbocycles. The Morgan fingerprint density at radius 1 is 1.37 bits per heavy atom. The van der Waals surface area contributed by atoms with E-state index in [1.54, 1.807) is 0 Å². The van der Waals surface area contributed by atoms with E-state index in [-0.39, 0.29) is 29.6 Å². The lowest BCUT2D eigenvalue weighted by Crippen LogP contribution is -2.37. The smallest absolute Gasteiger partial charge is 0.245 e. The van der Waals surface area contributed by atoms with E-state index >= 15 is 0 Å². The van der Waals surface area contributed by atoms with E-state index in [0.29, 0.717) is 13.0 Å². The van der Waals surface area contributed by atoms with Gasteiger partial charge in [-0.3, -0.25) is 4.79 Å². The van der Waals surface area contributed by atoms with Crippen molar-refractivity contribution in [2.75, 3.05) is 25.4 Å². The van der Waals surface area contributed by atoms with Crippen molar-refractivity contribution in [3.05, 3.63) is 24.0 Å². The number of carbonyl (C=O) groups excluding carboxylic acids is 1. The lowest BCUT2D eigenvalue weighted by atomic mass is 10.3. The number of nitrogens with zero attached hydrogens (tertiary/aromatic N) is 1. The zero-order valence-corrected chi connectivity index (χ0v) is 10.9. The Labute approximate surface area is 110 Å². The second-order valence-electron chi connectivity index (χ2n) is 4.22. The summed E-state index contributed by atoms with van der Waals surface area (Å²) < 4.78 is 38.7. The van der Waals surface area contributed by atoms with Crippen molar-refractivity contribution >= 4 is 21.6 Å². The Bertz CT molecular complexity index is 603. The van der Waals surface area contributed by atoms with Crippen molar-refractivity contribution in [3.63, 3.8) is 0 Å². The van der Waals surface area contributed by atoms with E-state index in [9.17, 15) is 17.6 Å². The van der Waals surface area contributed by atoms with Gasteiger partial charge >= 0.3 is 0 Å². The predicted octanol–water partition coefficient (Wildman–Crippen LogP) is -0.0815. The molecule has 0 atom stereocenters. The third kappa shape index (κ3) is 2.85. The predicted molar refractivity (Wildman–Crippen MR) is 67.2 cm³/mol. The molecule has 1 fully saturated rings. The highest BCUT2D eigenvalue weighted by Gasteiger charge is 2.29. The van der Waals surface area contributed by atoms with Gasteiger partial charge in [0.1, 0.15) is 10.7 Å². The SMILES string of the molecule is Nc1cc(F)ccc1S(=O)(=O)N1CCCNC(=O)C1. The summed E-state index contributed by atoms with van der Waals surface area (Å²) in [4.78, 5) is 11.2. The number of benzene rings is 1. The summed E-state index contributed by atoms with van der Waals surface area (Å²) in [7, 11) is -3.88. The minimum Gasteiger partial charge on any atom is -0.398 e. The van der Waals surface area contributed by atoms with Gasteiger partial charge in [0.05, 0.1) is 12.2 Å². The molecule has 1 aliphatic heterocycles. The van der Waals surface area contributed by atoms with Crippen LogP contribution in [0, 0.1) is 5.82 Å². The number of anilines is 1. The van der Waals surface area contributed by atoms with Crippen LogP contribution in [-0.4, -0.2) is 38.3 Å². The standard InChI is InChI=1S/C11H14FN3O3S/c12-8-2-3-10(9(13)6-8)19(17,18)15-5-1-4-14-11(16)7-15/h2-3,6H,1,4-5,7,13H2,(H,14,16). The van der Waals surface area contributed by atoms with Crippen LogP contribution < -0.4 is 11.1 Å². The number of halogens is 1. The zero-order chi connectivity index (χ0) is 14.0. The number of amides is 1. The molecule has 19 heavy (non-hydrogen) atoms. The largest absolute Gasteiger partial charge is 0.398 e. The maximum atomic E-state index is 13.0. The lowest BCUT2D eigenvalue weighted by Gasteiger charge is -2.19. The number of carbonyl (C=O) groups is 1. The lowest BCUT2D eigenvalue weighted by molar-refractivity contribution is -0.120. The van der Waals surface area contributed by atoms with Gasteiger partial charge in [-0.2, -0.15) is 4.31 Å². The molecular weight excluding hydrogens is 273 g/mol. The Kier molecular flexibility index (Phi) is 3.72. The van der Waals surface area contributed by atoms with Gasteiger partial charge in [-0.25, -0.2) is 12.8 Å². The van der Waals surface area contributed by atoms with Crippen molar-refractivity contribution < 1.29 is 17.6 Å². The van der Waals surface area contributed by atoms with E-state index in [2.05, 4.69) is 5.32 Å². The van der Waals surface area contributed by atoms with Gasteiger partial charge in [-0.05, 0) is 24.6 Å². The van der Waals surface area contributed by atoms with Gasteiger partial charge in [0, 0.05) is 13.1 Å². The van der Waals surface area contributed by atoms with Gasteiger partial charge in [0.25, 0.3) is 0 Å². The summed E-state index contributed by atoms with van der Waals surface area (Å²) in [6.45, 7) is 0.404. The normalized spacial score (nSPS) is 17.8. The first kappa shape index (κ1) is 13.8. The second kappa shape index (κ2) is 5.14. The van der Waals surface area contributed by atoms with E-state index in [0.717, 1.165) is 22.5 Å². The minimum atomic E-state index is -3.88. The number of hydrogen-bond acceptors (Lipinski definition) is 4. The quantitative estimate of drug-likeness (QED) is 0.744. The first-order valence-electron chi connectivity index (χ1n) is 5.73. The Morgan fingerprint density at radius 3 is 2.79 bits per heavy atom. The second-order valence-corrected chi connectivity index (χ2v) is 6.13. The molecule has 0 unspecified atom stereocenters. The Morgan fingerprint density at radius 2 is 2.11 bits per heavy atom. The van der Waals surface area contributed by atoms with Crippen molar-refractivity contribution in [2.45, 2.75) is 11.3 Å². The van der Waals surface area contributed by atoms with Crippen LogP contribution in [0.5, 0.6) is 0 Å². The van der Waals surface area contributed by atoms with Crippen molar-refractivity contribution in [1.29, 1.82) is 0 Å². The van der Waals surface area contributed by atoms with Crippen LogP contribution >= 0.6 is 0 Å². The molecular formula is C11H14FN3O3S. The van der Waals surface area contributed by atoms with Crippen LogP contribution in [0.4, 0.5) is 10.1 Å². The molecule has 2 rings (SSSR count). The summed E-state index contributed by atoms with van der Waals surface area (Å²) in [5, 5.41) is 2.59. The van der Waals surface area contributed by atoms with E-state index in [1.807, 2.05) is 0 Å². The maximum absolute atomic E-state index is 13.0. The van der Waals surface area contributed by atoms with Gasteiger partial charge < -0.3 is 11.1 Å². The fourth-order valence-corrected chi connectivity index (χ4v) is 3.41. The molecule has 8 heteroatoms. The Balaban J connectivity index is 2.38. The molecule has 1 aliphatic rings. The van der Waals surface area contributed by atoms with Crippen molar-refractivity contribution in [2.24, 2.45) is 0 Å². The average molecular weight is 287 g/mol. The van der Waals surface area contributed by atoms with Crippen LogP contribution in [0.15, 0.2) is 23.1 Å². The molecule has 104 valence electrons. The molecule has 1 saturated heterocycles. The fourth-order valence-electron chi connectivity index (χ4n) is 1.88. The summed E-state index contributed by atoms with van der Waals surface area (Å²) in [6, 6.07) is 3.09. The van der Waals surface area contributed by atoms with Gasteiger partial charge in [0.2, 0.25) is 15.9 Å². The highest BCUT2D eigenvalue weighted by molar-refractivity contribution is 7.89. The molecule has 0 radical (unpaired) electrons. The van der Waals surface area contributed by atoms with Gasteiger partial charge in [-0.1, -0.05) is 0 Å². The monoisotopic (exact) mass is 287 g/mol. The van der Waals surface area contributed by atoms with Crippen molar-refractivity contribution in [1.82, 2.24) is 9.62 Å². The third-order valence-corrected chi connectivity index (χ3v) is 4.74. The number of nitrogens with one attached hydrogen (secondary N) is 1. The first-order chi connectivity index (χ1) is 8.91. The molecule has 3 N–H and O–H groups in total. The molecule has 0 spiro atoms. The van der Waals surface area contributed by atoms with Crippen LogP contribution in [0.2, 0.25) is 0 Å². The van der Waals surface area contributed by atoms with Gasteiger partial charge in [0.15, 0.2) is 0 Å². The third-order valence-electron chi connectivity index (χ3n) is 2.82. The van der Waals surface area contributed by atoms with Crippen LogP contribution in [0.25, 0.3) is 0 Å². The molecule has 0 bridgehead atoms. The molecule has 1 heterocycles. The van der Waals surface area contributed by atoms with Crippen molar-refractivity contribution in [3.8, 4) is 0 Å². The number of sulfonamides is 1. The number of rotatable bonds is 2. The van der Waals surface area contributed by atoms with E-state index in [4.69, 9.17) is 5.73 Å². The highest BCUT2D eigenvalue weighted by atomic mass is 32.2. The molecule has 0 aromatic heterocycles. The van der Waals surface area contributed by atoms with Gasteiger partial charge in [-0.15, -0.1) is 0 Å². The summed E-state index contributed by atoms with van der Waals surface area (Å²) in [5.74, 6) is -0.966. The molecule has 1 aromatic rings. The minimum absolute atomic E-state index is 0.162.